The molecular weight excluding hydrogens is 568 g/mol. The van der Waals surface area contributed by atoms with Gasteiger partial charge in [0.05, 0.1) is 17.2 Å². The highest BCUT2D eigenvalue weighted by Crippen LogP contribution is 2.36. The summed E-state index contributed by atoms with van der Waals surface area (Å²) in [5.41, 5.74) is 7.00. The molecule has 3 heterocycles. The minimum atomic E-state index is -1.36. The average Bonchev–Trinajstić information content (AvgIpc) is 3.31. The third-order valence-electron chi connectivity index (χ3n) is 6.93. The van der Waals surface area contributed by atoms with E-state index in [1.165, 1.54) is 31.3 Å². The van der Waals surface area contributed by atoms with E-state index >= 15 is 0 Å². The Morgan fingerprint density at radius 2 is 1.74 bits per heavy atom. The van der Waals surface area contributed by atoms with E-state index in [0.717, 1.165) is 23.8 Å². The predicted molar refractivity (Wildman–Crippen MR) is 146 cm³/mol. The van der Waals surface area contributed by atoms with Crippen LogP contribution < -0.4 is 16.9 Å². The lowest BCUT2D eigenvalue weighted by Crippen LogP contribution is -2.45. The molecule has 232 valence electrons. The van der Waals surface area contributed by atoms with E-state index < -0.39 is 72.9 Å². The quantitative estimate of drug-likeness (QED) is 0.134. The van der Waals surface area contributed by atoms with E-state index in [2.05, 4.69) is 17.4 Å². The number of carbonyl (C=O) groups is 4. The number of ether oxygens (including phenoxy) is 4. The van der Waals surface area contributed by atoms with Gasteiger partial charge in [-0.15, -0.1) is 0 Å². The van der Waals surface area contributed by atoms with Gasteiger partial charge in [0.15, 0.2) is 24.3 Å². The van der Waals surface area contributed by atoms with Crippen LogP contribution in [0.4, 0.5) is 5.82 Å². The number of hydrogen-bond acceptors (Lipinski definition) is 14. The first kappa shape index (κ1) is 31.6. The van der Waals surface area contributed by atoms with E-state index in [1.54, 1.807) is 12.1 Å². The minimum absolute atomic E-state index is 0.0459. The molecule has 0 unspecified atom stereocenters. The Kier molecular flexibility index (Phi) is 10.4. The van der Waals surface area contributed by atoms with E-state index in [9.17, 15) is 29.1 Å². The maximum atomic E-state index is 13.1. The van der Waals surface area contributed by atoms with Crippen LogP contribution in [0.25, 0.3) is 0 Å². The molecule has 0 radical (unpaired) electrons. The fourth-order valence-corrected chi connectivity index (χ4v) is 4.52. The smallest absolute Gasteiger partial charge is 0.351 e. The number of aliphatic hydroxyl groups excluding tert-OH is 1. The lowest BCUT2D eigenvalue weighted by atomic mass is 10.0. The molecule has 0 bridgehead atoms. The zero-order valence-corrected chi connectivity index (χ0v) is 23.7. The number of hydrogen-bond donors (Lipinski definition) is 3. The predicted octanol–water partition coefficient (Wildman–Crippen LogP) is 0.997. The van der Waals surface area contributed by atoms with Crippen LogP contribution in [0.5, 0.6) is 0 Å². The monoisotopic (exact) mass is 602 g/mol. The number of anilines is 1. The van der Waals surface area contributed by atoms with Crippen molar-refractivity contribution in [2.75, 3.05) is 12.1 Å². The molecule has 15 nitrogen and oxygen atoms in total. The van der Waals surface area contributed by atoms with E-state index in [0.29, 0.717) is 6.42 Å². The number of nitrogens with two attached hydrogens (primary N) is 1. The second kappa shape index (κ2) is 14.2. The van der Waals surface area contributed by atoms with Gasteiger partial charge in [0.2, 0.25) is 0 Å². The van der Waals surface area contributed by atoms with Crippen LogP contribution in [0, 0.1) is 0 Å². The second-order valence-corrected chi connectivity index (χ2v) is 10.1. The van der Waals surface area contributed by atoms with Gasteiger partial charge in [0, 0.05) is 18.7 Å². The SMILES string of the molecule is CCCCCCC(=O)ONc1ccn([C@@H]2O[C@H](COC(=O)[C@@H](N)[C@H](C)O)[C@H]3OC(=O)c4ccccc4C(=O)O[C@H]32)c(=O)n1. The van der Waals surface area contributed by atoms with Crippen molar-refractivity contribution in [3.8, 4) is 0 Å². The topological polar surface area (TPSA) is 208 Å². The summed E-state index contributed by atoms with van der Waals surface area (Å²) in [5, 5.41) is 9.60. The van der Waals surface area contributed by atoms with Crippen molar-refractivity contribution in [2.45, 2.75) is 82.6 Å². The first-order valence-electron chi connectivity index (χ1n) is 13.9. The molecule has 1 aromatic heterocycles. The summed E-state index contributed by atoms with van der Waals surface area (Å²) in [5.74, 6) is -3.25. The Morgan fingerprint density at radius 1 is 1.07 bits per heavy atom. The van der Waals surface area contributed by atoms with Crippen molar-refractivity contribution < 1.29 is 48.1 Å². The Balaban J connectivity index is 1.55. The number of fused-ring (bicyclic) bond motifs is 2. The number of unbranched alkanes of at least 4 members (excludes halogenated alkanes) is 3. The summed E-state index contributed by atoms with van der Waals surface area (Å²) in [6, 6.07) is 5.84. The molecule has 0 spiro atoms. The number of carbonyl (C=O) groups excluding carboxylic acids is 4. The third-order valence-corrected chi connectivity index (χ3v) is 6.93. The van der Waals surface area contributed by atoms with E-state index in [-0.39, 0.29) is 23.4 Å². The zero-order valence-electron chi connectivity index (χ0n) is 23.7. The highest BCUT2D eigenvalue weighted by molar-refractivity contribution is 6.03. The maximum absolute atomic E-state index is 13.1. The van der Waals surface area contributed by atoms with Gasteiger partial charge < -0.3 is 34.6 Å². The highest BCUT2D eigenvalue weighted by Gasteiger charge is 2.53. The van der Waals surface area contributed by atoms with Crippen molar-refractivity contribution in [3.63, 3.8) is 0 Å². The van der Waals surface area contributed by atoms with Gasteiger partial charge >= 0.3 is 29.6 Å². The second-order valence-electron chi connectivity index (χ2n) is 10.1. The fraction of sp³-hybridized carbons (Fsp3) is 0.500. The van der Waals surface area contributed by atoms with Crippen molar-refractivity contribution >= 4 is 29.7 Å². The van der Waals surface area contributed by atoms with E-state index in [1.807, 2.05) is 0 Å². The summed E-state index contributed by atoms with van der Waals surface area (Å²) >= 11 is 0. The van der Waals surface area contributed by atoms with Gasteiger partial charge in [-0.2, -0.15) is 4.98 Å². The molecule has 2 aliphatic heterocycles. The van der Waals surface area contributed by atoms with Crippen molar-refractivity contribution in [3.05, 3.63) is 58.1 Å². The summed E-state index contributed by atoms with van der Waals surface area (Å²) in [6.45, 7) is 2.85. The molecule has 43 heavy (non-hydrogen) atoms. The standard InChI is InChI=1S/C28H34N4O11/c1-3-4-5-6-11-20(34)43-31-19-12-13-32(28(38)30-19)24-23-22(18(40-24)14-39-27(37)21(29)15(2)33)41-25(35)16-9-7-8-10-17(16)26(36)42-23/h7-10,12-13,15,18,21-24,33H,3-6,11,14,29H2,1-2H3,(H,30,31,38)/t15-,18+,21-,22+,23+,24+/m0/s1. The number of aromatic nitrogens is 2. The largest absolute Gasteiger partial charge is 0.462 e. The minimum Gasteiger partial charge on any atom is -0.462 e. The van der Waals surface area contributed by atoms with Crippen LogP contribution in [0.1, 0.15) is 72.9 Å². The molecule has 1 aromatic carbocycles. The lowest BCUT2D eigenvalue weighted by molar-refractivity contribution is -0.154. The highest BCUT2D eigenvalue weighted by atomic mass is 16.7. The van der Waals surface area contributed by atoms with Gasteiger partial charge in [-0.1, -0.05) is 38.3 Å². The molecule has 2 aliphatic rings. The third kappa shape index (κ3) is 7.55. The lowest BCUT2D eigenvalue weighted by Gasteiger charge is -2.27. The zero-order chi connectivity index (χ0) is 31.1. The molecule has 4 rings (SSSR count). The van der Waals surface area contributed by atoms with Crippen LogP contribution in [0.3, 0.4) is 0 Å². The van der Waals surface area contributed by atoms with Gasteiger partial charge in [0.25, 0.3) is 0 Å². The molecule has 1 fully saturated rings. The molecule has 15 heteroatoms. The molecule has 4 N–H and O–H groups in total. The van der Waals surface area contributed by atoms with Crippen LogP contribution in [0.15, 0.2) is 41.3 Å². The number of rotatable bonds is 12. The molecule has 2 aromatic rings. The summed E-state index contributed by atoms with van der Waals surface area (Å²) in [6.07, 6.45) is -1.41. The first-order valence-corrected chi connectivity index (χ1v) is 13.9. The summed E-state index contributed by atoms with van der Waals surface area (Å²) in [4.78, 5) is 72.2. The van der Waals surface area contributed by atoms with Gasteiger partial charge in [0.1, 0.15) is 18.8 Å². The van der Waals surface area contributed by atoms with Gasteiger partial charge in [-0.25, -0.2) is 24.7 Å². The summed E-state index contributed by atoms with van der Waals surface area (Å²) in [7, 11) is 0. The number of benzene rings is 1. The molecule has 1 saturated heterocycles. The molecular formula is C28H34N4O11. The van der Waals surface area contributed by atoms with Gasteiger partial charge in [-0.05, 0) is 25.5 Å². The Hall–Kier alpha value is -4.34. The Labute approximate surface area is 246 Å². The number of nitrogens with one attached hydrogen (secondary N) is 1. The number of esters is 3. The van der Waals surface area contributed by atoms with Crippen LogP contribution in [-0.2, 0) is 33.4 Å². The normalized spacial score (nSPS) is 22.5. The molecule has 0 aliphatic carbocycles. The summed E-state index contributed by atoms with van der Waals surface area (Å²) < 4.78 is 23.5. The van der Waals surface area contributed by atoms with Crippen LogP contribution in [0.2, 0.25) is 0 Å². The molecule has 6 atom stereocenters. The fourth-order valence-electron chi connectivity index (χ4n) is 4.52. The number of nitrogens with zero attached hydrogens (tertiary/aromatic N) is 2. The Bertz CT molecular complexity index is 1390. The average molecular weight is 603 g/mol. The van der Waals surface area contributed by atoms with Crippen molar-refractivity contribution in [2.24, 2.45) is 5.73 Å². The molecule has 0 amide bonds. The maximum Gasteiger partial charge on any atom is 0.351 e. The number of aliphatic hydroxyl groups is 1. The van der Waals surface area contributed by atoms with Crippen LogP contribution in [-0.4, -0.2) is 75.6 Å². The van der Waals surface area contributed by atoms with E-state index in [4.69, 9.17) is 29.5 Å². The first-order chi connectivity index (χ1) is 20.6. The van der Waals surface area contributed by atoms with Gasteiger partial charge in [-0.3, -0.25) is 9.36 Å². The Morgan fingerprint density at radius 3 is 2.37 bits per heavy atom. The molecule has 0 saturated carbocycles. The van der Waals surface area contributed by atoms with Crippen molar-refractivity contribution in [1.82, 2.24) is 9.55 Å². The van der Waals surface area contributed by atoms with Crippen LogP contribution >= 0.6 is 0 Å². The van der Waals surface area contributed by atoms with Crippen molar-refractivity contribution in [1.29, 1.82) is 0 Å².